The molecule has 11 nitrogen and oxygen atoms in total. The summed E-state index contributed by atoms with van der Waals surface area (Å²) in [5, 5.41) is 9.15. The number of rotatable bonds is 4. The van der Waals surface area contributed by atoms with Crippen molar-refractivity contribution in [1.82, 2.24) is 4.90 Å². The Labute approximate surface area is 118 Å². The summed E-state index contributed by atoms with van der Waals surface area (Å²) >= 11 is 0. The van der Waals surface area contributed by atoms with Crippen molar-refractivity contribution in [3.05, 3.63) is 0 Å². The summed E-state index contributed by atoms with van der Waals surface area (Å²) in [6.07, 6.45) is -0.299. The maximum absolute atomic E-state index is 9.15. The Morgan fingerprint density at radius 3 is 1.30 bits per heavy atom. The van der Waals surface area contributed by atoms with Crippen LogP contribution < -0.4 is 5.73 Å². The van der Waals surface area contributed by atoms with Gasteiger partial charge in [-0.15, -0.1) is 0 Å². The van der Waals surface area contributed by atoms with E-state index >= 15 is 0 Å². The fourth-order valence-corrected chi connectivity index (χ4v) is 0.893. The molecule has 0 saturated heterocycles. The molecule has 2 atom stereocenters. The molecule has 126 valence electrons. The molecule has 0 aliphatic rings. The normalized spacial score (nSPS) is 14.5. The third-order valence-electron chi connectivity index (χ3n) is 1.58. The molecule has 0 amide bonds. The molecule has 0 aliphatic heterocycles. The van der Waals surface area contributed by atoms with E-state index in [9.17, 15) is 0 Å². The Bertz CT molecular complexity index is 372. The Kier molecular flexibility index (Phi) is 13.9. The van der Waals surface area contributed by atoms with E-state index in [1.54, 1.807) is 6.92 Å². The van der Waals surface area contributed by atoms with Gasteiger partial charge in [-0.25, -0.2) is 0 Å². The van der Waals surface area contributed by atoms with E-state index in [4.69, 9.17) is 45.9 Å². The molecule has 2 unspecified atom stereocenters. The van der Waals surface area contributed by atoms with Crippen molar-refractivity contribution in [3.63, 3.8) is 0 Å². The summed E-state index contributed by atoms with van der Waals surface area (Å²) in [4.78, 5) is 2.03. The molecule has 0 spiro atoms. The van der Waals surface area contributed by atoms with Crippen LogP contribution in [-0.2, 0) is 20.8 Å². The van der Waals surface area contributed by atoms with Gasteiger partial charge in [0, 0.05) is 12.5 Å². The Morgan fingerprint density at radius 1 is 1.00 bits per heavy atom. The van der Waals surface area contributed by atoms with Crippen LogP contribution in [0.5, 0.6) is 0 Å². The summed E-state index contributed by atoms with van der Waals surface area (Å²) in [6.45, 7) is 3.19. The van der Waals surface area contributed by atoms with Crippen LogP contribution in [-0.4, -0.2) is 78.3 Å². The van der Waals surface area contributed by atoms with E-state index in [2.05, 4.69) is 0 Å². The highest BCUT2D eigenvalue weighted by Crippen LogP contribution is 2.01. The first-order valence-electron chi connectivity index (χ1n) is 5.00. The molecule has 0 rings (SSSR count). The number of nitrogens with two attached hydrogens (primary N) is 1. The Hall–Kier alpha value is -0.380. The number of aliphatic hydroxyl groups is 1. The van der Waals surface area contributed by atoms with Crippen molar-refractivity contribution in [3.8, 4) is 0 Å². The molecule has 0 bridgehead atoms. The highest BCUT2D eigenvalue weighted by atomic mass is 32.3. The third-order valence-corrected chi connectivity index (χ3v) is 1.58. The van der Waals surface area contributed by atoms with Crippen molar-refractivity contribution < 1.29 is 40.2 Å². The number of nitrogens with zero attached hydrogens (tertiary/aromatic N) is 1. The molecule has 0 heterocycles. The van der Waals surface area contributed by atoms with Crippen molar-refractivity contribution in [1.29, 1.82) is 0 Å². The predicted octanol–water partition coefficient (Wildman–Crippen LogP) is -1.80. The van der Waals surface area contributed by atoms with Crippen LogP contribution in [0.2, 0.25) is 0 Å². The first-order chi connectivity index (χ1) is 8.57. The van der Waals surface area contributed by atoms with Gasteiger partial charge in [-0.2, -0.15) is 16.8 Å². The lowest BCUT2D eigenvalue weighted by molar-refractivity contribution is 0.111. The number of aliphatic hydroxyl groups excluding tert-OH is 1. The SMILES string of the molecule is CC(O)C(CN)CN(C)C.O=S(=O)(O)O.O=S(=O)(O)O. The molecule has 13 heteroatoms. The summed E-state index contributed by atoms with van der Waals surface area (Å²) in [6, 6.07) is 0. The Balaban J connectivity index is -0.000000244. The van der Waals surface area contributed by atoms with E-state index in [1.165, 1.54) is 0 Å². The average molecular weight is 342 g/mol. The van der Waals surface area contributed by atoms with Crippen LogP contribution in [0, 0.1) is 5.92 Å². The van der Waals surface area contributed by atoms with E-state index in [1.807, 2.05) is 19.0 Å². The minimum absolute atomic E-state index is 0.204. The second kappa shape index (κ2) is 11.3. The number of hydrogen-bond acceptors (Lipinski definition) is 7. The second-order valence-electron chi connectivity index (χ2n) is 3.89. The third kappa shape index (κ3) is 52.6. The first kappa shape index (κ1) is 24.6. The van der Waals surface area contributed by atoms with Crippen molar-refractivity contribution >= 4 is 20.8 Å². The summed E-state index contributed by atoms with van der Waals surface area (Å²) in [5.74, 6) is 0.204. The highest BCUT2D eigenvalue weighted by molar-refractivity contribution is 7.80. The summed E-state index contributed by atoms with van der Waals surface area (Å²) in [5.41, 5.74) is 5.44. The predicted molar refractivity (Wildman–Crippen MR) is 71.1 cm³/mol. The van der Waals surface area contributed by atoms with E-state index < -0.39 is 20.8 Å². The van der Waals surface area contributed by atoms with Crippen LogP contribution in [0.3, 0.4) is 0 Å². The zero-order valence-electron chi connectivity index (χ0n) is 11.3. The lowest BCUT2D eigenvalue weighted by atomic mass is 10.0. The average Bonchev–Trinajstić information content (AvgIpc) is 2.07. The van der Waals surface area contributed by atoms with Crippen LogP contribution in [0.4, 0.5) is 0 Å². The standard InChI is InChI=1S/C7H18N2O.2H2O4S/c1-6(10)7(4-8)5-9(2)3;2*1-5(2,3)4/h6-7,10H,4-5,8H2,1-3H3;2*(H2,1,2,3,4). The smallest absolute Gasteiger partial charge is 0.393 e. The van der Waals surface area contributed by atoms with Crippen LogP contribution in [0.25, 0.3) is 0 Å². The first-order valence-corrected chi connectivity index (χ1v) is 7.80. The van der Waals surface area contributed by atoms with Gasteiger partial charge >= 0.3 is 20.8 Å². The molecule has 0 saturated carbocycles. The van der Waals surface area contributed by atoms with Crippen LogP contribution in [0.15, 0.2) is 0 Å². The van der Waals surface area contributed by atoms with Crippen LogP contribution in [0.1, 0.15) is 6.92 Å². The molecule has 0 fully saturated rings. The molecule has 0 aromatic carbocycles. The topological polar surface area (TPSA) is 199 Å². The molecule has 0 aliphatic carbocycles. The monoisotopic (exact) mass is 342 g/mol. The Morgan fingerprint density at radius 2 is 1.25 bits per heavy atom. The highest BCUT2D eigenvalue weighted by Gasteiger charge is 2.12. The lowest BCUT2D eigenvalue weighted by Gasteiger charge is -2.21. The lowest BCUT2D eigenvalue weighted by Crippen LogP contribution is -2.34. The second-order valence-corrected chi connectivity index (χ2v) is 5.69. The zero-order chi connectivity index (χ0) is 17.1. The minimum atomic E-state index is -4.67. The zero-order valence-corrected chi connectivity index (χ0v) is 12.9. The van der Waals surface area contributed by atoms with Gasteiger partial charge in [0.25, 0.3) is 0 Å². The molecular formula is C7H22N2O9S2. The molecule has 20 heavy (non-hydrogen) atoms. The van der Waals surface area contributed by atoms with Gasteiger partial charge in [0.15, 0.2) is 0 Å². The fourth-order valence-electron chi connectivity index (χ4n) is 0.893. The number of hydrogen-bond donors (Lipinski definition) is 6. The van der Waals surface area contributed by atoms with Gasteiger partial charge in [0.05, 0.1) is 6.10 Å². The summed E-state index contributed by atoms with van der Waals surface area (Å²) in [7, 11) is -5.38. The molecule has 7 N–H and O–H groups in total. The molecule has 0 radical (unpaired) electrons. The quantitative estimate of drug-likeness (QED) is 0.315. The molecule has 0 aromatic rings. The largest absolute Gasteiger partial charge is 0.394 e. The van der Waals surface area contributed by atoms with Crippen molar-refractivity contribution in [2.75, 3.05) is 27.2 Å². The van der Waals surface area contributed by atoms with Crippen LogP contribution >= 0.6 is 0 Å². The molecular weight excluding hydrogens is 320 g/mol. The summed E-state index contributed by atoms with van der Waals surface area (Å²) < 4.78 is 63.2. The van der Waals surface area contributed by atoms with Crippen molar-refractivity contribution in [2.45, 2.75) is 13.0 Å². The minimum Gasteiger partial charge on any atom is -0.393 e. The van der Waals surface area contributed by atoms with Gasteiger partial charge in [-0.05, 0) is 27.6 Å². The van der Waals surface area contributed by atoms with E-state index in [0.717, 1.165) is 6.54 Å². The van der Waals surface area contributed by atoms with E-state index in [0.29, 0.717) is 6.54 Å². The maximum Gasteiger partial charge on any atom is 0.394 e. The van der Waals surface area contributed by atoms with E-state index in [-0.39, 0.29) is 12.0 Å². The maximum atomic E-state index is 9.15. The van der Waals surface area contributed by atoms with Gasteiger partial charge in [0.1, 0.15) is 0 Å². The van der Waals surface area contributed by atoms with Gasteiger partial charge < -0.3 is 15.7 Å². The van der Waals surface area contributed by atoms with Crippen molar-refractivity contribution in [2.24, 2.45) is 11.7 Å². The molecule has 0 aromatic heterocycles. The fraction of sp³-hybridized carbons (Fsp3) is 1.00. The van der Waals surface area contributed by atoms with Gasteiger partial charge in [-0.1, -0.05) is 0 Å². The van der Waals surface area contributed by atoms with Gasteiger partial charge in [-0.3, -0.25) is 18.2 Å². The van der Waals surface area contributed by atoms with Gasteiger partial charge in [0.2, 0.25) is 0 Å².